The molecule has 1 unspecified atom stereocenters. The van der Waals surface area contributed by atoms with Crippen molar-refractivity contribution in [3.8, 4) is 5.75 Å². The predicted molar refractivity (Wildman–Crippen MR) is 113 cm³/mol. The summed E-state index contributed by atoms with van der Waals surface area (Å²) in [5.41, 5.74) is 1.02. The van der Waals surface area contributed by atoms with E-state index in [0.29, 0.717) is 19.6 Å². The highest BCUT2D eigenvalue weighted by Gasteiger charge is 2.25. The van der Waals surface area contributed by atoms with Gasteiger partial charge in [0.15, 0.2) is 0 Å². The van der Waals surface area contributed by atoms with Crippen LogP contribution in [0.25, 0.3) is 0 Å². The second-order valence-corrected chi connectivity index (χ2v) is 7.38. The van der Waals surface area contributed by atoms with Crippen molar-refractivity contribution in [3.05, 3.63) is 66.0 Å². The zero-order valence-electron chi connectivity index (χ0n) is 17.0. The Morgan fingerprint density at radius 2 is 1.76 bits per heavy atom. The summed E-state index contributed by atoms with van der Waals surface area (Å²) in [5, 5.41) is 3.00. The van der Waals surface area contributed by atoms with Crippen LogP contribution in [0.3, 0.4) is 0 Å². The Labute approximate surface area is 172 Å². The van der Waals surface area contributed by atoms with Crippen LogP contribution < -0.4 is 10.1 Å². The monoisotopic (exact) mass is 399 g/mol. The maximum absolute atomic E-state index is 12.9. The van der Waals surface area contributed by atoms with Crippen molar-refractivity contribution >= 4 is 5.91 Å². The van der Waals surface area contributed by atoms with Gasteiger partial charge in [-0.1, -0.05) is 30.3 Å². The summed E-state index contributed by atoms with van der Waals surface area (Å²) in [6, 6.07) is 16.1. The molecule has 0 aliphatic carbocycles. The van der Waals surface area contributed by atoms with E-state index in [1.807, 2.05) is 37.3 Å². The number of nitrogens with zero attached hydrogens (tertiary/aromatic N) is 2. The first kappa shape index (κ1) is 21.3. The highest BCUT2D eigenvalue weighted by atomic mass is 19.1. The summed E-state index contributed by atoms with van der Waals surface area (Å²) in [4.78, 5) is 17.0. The number of hydrogen-bond acceptors (Lipinski definition) is 4. The summed E-state index contributed by atoms with van der Waals surface area (Å²) in [6.45, 7) is 7.70. The molecule has 1 N–H and O–H groups in total. The lowest BCUT2D eigenvalue weighted by atomic mass is 10.1. The Morgan fingerprint density at radius 3 is 2.45 bits per heavy atom. The van der Waals surface area contributed by atoms with Gasteiger partial charge in [0.1, 0.15) is 18.2 Å². The van der Waals surface area contributed by atoms with E-state index in [-0.39, 0.29) is 17.8 Å². The van der Waals surface area contributed by atoms with E-state index in [1.165, 1.54) is 12.1 Å². The predicted octanol–water partition coefficient (Wildman–Crippen LogP) is 2.57. The molecule has 1 amide bonds. The Bertz CT molecular complexity index is 746. The summed E-state index contributed by atoms with van der Waals surface area (Å²) >= 11 is 0. The van der Waals surface area contributed by atoms with Crippen molar-refractivity contribution in [1.29, 1.82) is 0 Å². The van der Waals surface area contributed by atoms with Crippen LogP contribution in [0.1, 0.15) is 12.5 Å². The minimum Gasteiger partial charge on any atom is -0.492 e. The van der Waals surface area contributed by atoms with Gasteiger partial charge in [-0.25, -0.2) is 4.39 Å². The van der Waals surface area contributed by atoms with Crippen LogP contribution in [0, 0.1) is 5.82 Å². The fourth-order valence-electron chi connectivity index (χ4n) is 3.48. The maximum Gasteiger partial charge on any atom is 0.237 e. The largest absolute Gasteiger partial charge is 0.492 e. The number of nitrogens with one attached hydrogen (secondary N) is 1. The highest BCUT2D eigenvalue weighted by molar-refractivity contribution is 5.81. The van der Waals surface area contributed by atoms with E-state index in [1.54, 1.807) is 12.1 Å². The van der Waals surface area contributed by atoms with Crippen molar-refractivity contribution in [2.45, 2.75) is 19.4 Å². The van der Waals surface area contributed by atoms with Crippen LogP contribution in [0.4, 0.5) is 4.39 Å². The minimum atomic E-state index is -0.239. The molecule has 29 heavy (non-hydrogen) atoms. The summed E-state index contributed by atoms with van der Waals surface area (Å²) < 4.78 is 18.7. The van der Waals surface area contributed by atoms with E-state index < -0.39 is 0 Å². The molecular weight excluding hydrogens is 369 g/mol. The van der Waals surface area contributed by atoms with Gasteiger partial charge < -0.3 is 10.1 Å². The molecule has 1 aliphatic heterocycles. The maximum atomic E-state index is 12.9. The van der Waals surface area contributed by atoms with Gasteiger partial charge in [0.25, 0.3) is 0 Å². The molecule has 0 aromatic heterocycles. The van der Waals surface area contributed by atoms with Crippen LogP contribution in [0.2, 0.25) is 0 Å². The standard InChI is InChI=1S/C23H30FN3O2/c1-19(23(28)25-12-11-20-7-9-21(24)10-8-20)27-15-13-26(14-16-27)17-18-29-22-5-3-2-4-6-22/h2-10,19H,11-18H2,1H3,(H,25,28). The number of ether oxygens (including phenoxy) is 1. The minimum absolute atomic E-state index is 0.0490. The van der Waals surface area contributed by atoms with Crippen LogP contribution in [-0.4, -0.2) is 67.6 Å². The fraction of sp³-hybridized carbons (Fsp3) is 0.435. The zero-order chi connectivity index (χ0) is 20.5. The summed E-state index contributed by atoms with van der Waals surface area (Å²) in [5.74, 6) is 0.710. The molecule has 2 aromatic carbocycles. The number of halogens is 1. The topological polar surface area (TPSA) is 44.8 Å². The molecule has 1 atom stereocenters. The third-order valence-electron chi connectivity index (χ3n) is 5.38. The fourth-order valence-corrected chi connectivity index (χ4v) is 3.48. The number of amides is 1. The first-order chi connectivity index (χ1) is 14.1. The van der Waals surface area contributed by atoms with Crippen LogP contribution in [-0.2, 0) is 11.2 Å². The smallest absolute Gasteiger partial charge is 0.237 e. The lowest BCUT2D eigenvalue weighted by molar-refractivity contribution is -0.126. The first-order valence-electron chi connectivity index (χ1n) is 10.3. The van der Waals surface area contributed by atoms with Gasteiger partial charge in [0.05, 0.1) is 6.04 Å². The molecule has 1 saturated heterocycles. The van der Waals surface area contributed by atoms with E-state index >= 15 is 0 Å². The van der Waals surface area contributed by atoms with Gasteiger partial charge in [0, 0.05) is 39.3 Å². The Morgan fingerprint density at radius 1 is 1.07 bits per heavy atom. The van der Waals surface area contributed by atoms with Crippen LogP contribution in [0.15, 0.2) is 54.6 Å². The zero-order valence-corrected chi connectivity index (χ0v) is 17.0. The van der Waals surface area contributed by atoms with Crippen molar-refractivity contribution in [2.75, 3.05) is 45.9 Å². The average molecular weight is 400 g/mol. The van der Waals surface area contributed by atoms with E-state index in [2.05, 4.69) is 15.1 Å². The van der Waals surface area contributed by atoms with Gasteiger partial charge in [-0.3, -0.25) is 14.6 Å². The molecule has 0 bridgehead atoms. The van der Waals surface area contributed by atoms with Gasteiger partial charge in [0.2, 0.25) is 5.91 Å². The number of benzene rings is 2. The first-order valence-corrected chi connectivity index (χ1v) is 10.3. The summed E-state index contributed by atoms with van der Waals surface area (Å²) in [7, 11) is 0. The summed E-state index contributed by atoms with van der Waals surface area (Å²) in [6.07, 6.45) is 0.702. The number of para-hydroxylation sites is 1. The number of carbonyl (C=O) groups is 1. The Hall–Kier alpha value is -2.44. The van der Waals surface area contributed by atoms with Gasteiger partial charge in [-0.15, -0.1) is 0 Å². The third-order valence-corrected chi connectivity index (χ3v) is 5.38. The second kappa shape index (κ2) is 10.9. The molecule has 1 fully saturated rings. The molecule has 3 rings (SSSR count). The lowest BCUT2D eigenvalue weighted by Crippen LogP contribution is -2.54. The average Bonchev–Trinajstić information content (AvgIpc) is 2.76. The van der Waals surface area contributed by atoms with Crippen molar-refractivity contribution < 1.29 is 13.9 Å². The van der Waals surface area contributed by atoms with Crippen molar-refractivity contribution in [1.82, 2.24) is 15.1 Å². The highest BCUT2D eigenvalue weighted by Crippen LogP contribution is 2.10. The molecule has 156 valence electrons. The van der Waals surface area contributed by atoms with Crippen LogP contribution in [0.5, 0.6) is 5.75 Å². The van der Waals surface area contributed by atoms with Crippen molar-refractivity contribution in [3.63, 3.8) is 0 Å². The van der Waals surface area contributed by atoms with Gasteiger partial charge in [-0.2, -0.15) is 0 Å². The Kier molecular flexibility index (Phi) is 8.02. The molecule has 6 heteroatoms. The van der Waals surface area contributed by atoms with Crippen molar-refractivity contribution in [2.24, 2.45) is 0 Å². The Balaban J connectivity index is 1.31. The van der Waals surface area contributed by atoms with Gasteiger partial charge in [-0.05, 0) is 43.2 Å². The molecule has 5 nitrogen and oxygen atoms in total. The molecule has 1 aliphatic rings. The number of hydrogen-bond donors (Lipinski definition) is 1. The SMILES string of the molecule is CC(C(=O)NCCc1ccc(F)cc1)N1CCN(CCOc2ccccc2)CC1. The molecule has 1 heterocycles. The molecular formula is C23H30FN3O2. The van der Waals surface area contributed by atoms with E-state index in [0.717, 1.165) is 44.0 Å². The molecule has 2 aromatic rings. The van der Waals surface area contributed by atoms with Gasteiger partial charge >= 0.3 is 0 Å². The molecule has 0 saturated carbocycles. The number of rotatable bonds is 9. The molecule has 0 spiro atoms. The quantitative estimate of drug-likeness (QED) is 0.704. The number of piperazine rings is 1. The van der Waals surface area contributed by atoms with Crippen LogP contribution >= 0.6 is 0 Å². The van der Waals surface area contributed by atoms with E-state index in [9.17, 15) is 9.18 Å². The molecule has 0 radical (unpaired) electrons. The van der Waals surface area contributed by atoms with E-state index in [4.69, 9.17) is 4.74 Å². The normalized spacial score (nSPS) is 16.3. The number of carbonyl (C=O) groups excluding carboxylic acids is 1. The second-order valence-electron chi connectivity index (χ2n) is 7.38. The lowest BCUT2D eigenvalue weighted by Gasteiger charge is -2.37. The third kappa shape index (κ3) is 6.84.